The molecule has 81 heavy (non-hydrogen) atoms. The Hall–Kier alpha value is -7.62. The number of carbonyl (C=O) groups excluding carboxylic acids is 3. The fourth-order valence-corrected chi connectivity index (χ4v) is 12.6. The van der Waals surface area contributed by atoms with Crippen LogP contribution >= 0.6 is 0 Å². The maximum absolute atomic E-state index is 12.6. The van der Waals surface area contributed by atoms with Crippen LogP contribution in [0.1, 0.15) is 183 Å². The smallest absolute Gasteiger partial charge is 0.410 e. The Labute approximate surface area is 477 Å². The number of nitrogens with two attached hydrogens (primary N) is 1. The molecule has 6 heterocycles. The van der Waals surface area contributed by atoms with E-state index in [0.29, 0.717) is 67.0 Å². The number of amides is 3. The van der Waals surface area contributed by atoms with Gasteiger partial charge in [-0.05, 0) is 151 Å². The van der Waals surface area contributed by atoms with Crippen LogP contribution in [-0.2, 0) is 22.6 Å². The summed E-state index contributed by atoms with van der Waals surface area (Å²) in [6.45, 7) is 15.5. The first-order valence-corrected chi connectivity index (χ1v) is 28.2. The number of carbonyl (C=O) groups is 3. The molecular formula is C62H84N14O5. The number of nitrogens with one attached hydrogen (secondary N) is 2. The largest absolute Gasteiger partial charge is 0.444 e. The molecule has 19 nitrogen and oxygen atoms in total. The molecule has 4 N–H and O–H groups in total. The normalized spacial score (nSPS) is 21.9. The number of aromatic nitrogens is 8. The number of likely N-dealkylation sites (tertiary alicyclic amines) is 2. The fourth-order valence-electron chi connectivity index (χ4n) is 12.6. The fraction of sp³-hybridized carbons (Fsp3) is 0.548. The van der Waals surface area contributed by atoms with Gasteiger partial charge in [-0.1, -0.05) is 63.4 Å². The van der Waals surface area contributed by atoms with Crippen molar-refractivity contribution in [2.24, 2.45) is 16.6 Å². The number of hydrogen-bond acceptors (Lipinski definition) is 12. The molecule has 19 heteroatoms. The lowest BCUT2D eigenvalue weighted by Crippen LogP contribution is -2.43. The van der Waals surface area contributed by atoms with Crippen molar-refractivity contribution in [1.29, 1.82) is 5.26 Å². The van der Waals surface area contributed by atoms with Crippen molar-refractivity contribution in [3.05, 3.63) is 107 Å². The Balaban J connectivity index is 0.000000191. The zero-order valence-electron chi connectivity index (χ0n) is 47.1. The summed E-state index contributed by atoms with van der Waals surface area (Å²) in [5, 5.41) is 35.5. The summed E-state index contributed by atoms with van der Waals surface area (Å²) < 4.78 is 18.9. The minimum absolute atomic E-state index is 0. The van der Waals surface area contributed by atoms with Crippen molar-refractivity contribution in [3.63, 3.8) is 0 Å². The standard InChI is InChI=1S/C30H39N7O3.C30H37N7O2.2CH4/c1-29(2,3)40-28(39)35-11-10-30(18-35)13-23(14-30)37-27(32-4)24(26(31)38)25(34-37)22-15-33-36(17-22)16-19-6-5-7-21(12-19)20-8-9-20;1-29(2,3)39-28(38)35-11-10-30(19-35)13-24(14-30)37-27(32-4)25(15-31)26(34-37)23-16-33-36(18-23)17-20-6-5-7-22(12-20)21-8-9-21;;/h5-7,12,15,17,20,23,32H,8-11,13-14,16,18H2,1-4H3,(H2,31,38);5-7,12,16,18,21,24,32H,8-11,13-14,17,19H2,1-4H3;2*1H4. The van der Waals surface area contributed by atoms with E-state index in [4.69, 9.17) is 25.4 Å². The molecule has 6 aromatic rings. The molecule has 0 radical (unpaired) electrons. The van der Waals surface area contributed by atoms with E-state index < -0.39 is 17.1 Å². The number of nitriles is 1. The van der Waals surface area contributed by atoms with Crippen LogP contribution in [0.25, 0.3) is 22.5 Å². The van der Waals surface area contributed by atoms with Crippen LogP contribution in [0.15, 0.2) is 73.3 Å². The Morgan fingerprint density at radius 1 is 0.679 bits per heavy atom. The molecular weight excluding hydrogens is 1020 g/mol. The molecule has 0 atom stereocenters. The van der Waals surface area contributed by atoms with Gasteiger partial charge < -0.3 is 35.6 Å². The number of anilines is 2. The highest BCUT2D eigenvalue weighted by molar-refractivity contribution is 6.03. The molecule has 6 fully saturated rings. The van der Waals surface area contributed by atoms with E-state index in [1.165, 1.54) is 47.9 Å². The molecule has 12 rings (SSSR count). The summed E-state index contributed by atoms with van der Waals surface area (Å²) in [7, 11) is 3.62. The van der Waals surface area contributed by atoms with Crippen molar-refractivity contribution in [2.45, 2.75) is 169 Å². The molecule has 0 bridgehead atoms. The summed E-state index contributed by atoms with van der Waals surface area (Å²) >= 11 is 0. The molecule has 2 aliphatic heterocycles. The number of rotatable bonds is 13. The minimum atomic E-state index is -0.526. The number of ether oxygens (including phenoxy) is 2. The topological polar surface area (TPSA) is 221 Å². The maximum Gasteiger partial charge on any atom is 0.410 e. The van der Waals surface area contributed by atoms with Gasteiger partial charge >= 0.3 is 12.2 Å². The third-order valence-corrected chi connectivity index (χ3v) is 16.7. The third-order valence-electron chi connectivity index (χ3n) is 16.7. The SMILES string of the molecule is C.C.CNc1c(C#N)c(-c2cnn(Cc3cccc(C4CC4)c3)c2)nn1C1CC2(CCN(C(=O)OC(C)(C)C)C2)C1.CNc1c(C(N)=O)c(-c2cnn(Cc3cccc(C4CC4)c3)c2)nn1C1CC2(CCN(C(=O)OC(C)(C)C)C2)C1. The predicted octanol–water partition coefficient (Wildman–Crippen LogP) is 11.6. The summed E-state index contributed by atoms with van der Waals surface area (Å²) in [4.78, 5) is 41.5. The second kappa shape index (κ2) is 22.4. The van der Waals surface area contributed by atoms with Crippen LogP contribution in [-0.4, -0.2) is 118 Å². The Morgan fingerprint density at radius 2 is 1.11 bits per heavy atom. The van der Waals surface area contributed by atoms with Crippen molar-refractivity contribution in [3.8, 4) is 28.6 Å². The lowest BCUT2D eigenvalue weighted by Gasteiger charge is -2.45. The van der Waals surface area contributed by atoms with Crippen LogP contribution in [0.5, 0.6) is 0 Å². The van der Waals surface area contributed by atoms with Gasteiger partial charge in [-0.3, -0.25) is 14.2 Å². The van der Waals surface area contributed by atoms with Crippen LogP contribution in [0.2, 0.25) is 0 Å². The zero-order valence-corrected chi connectivity index (χ0v) is 47.1. The van der Waals surface area contributed by atoms with E-state index >= 15 is 0 Å². The van der Waals surface area contributed by atoms with Gasteiger partial charge in [-0.2, -0.15) is 25.7 Å². The molecule has 6 aliphatic rings. The van der Waals surface area contributed by atoms with Crippen LogP contribution in [0.3, 0.4) is 0 Å². The molecule has 2 saturated heterocycles. The summed E-state index contributed by atoms with van der Waals surface area (Å²) in [6.07, 6.45) is 17.6. The lowest BCUT2D eigenvalue weighted by atomic mass is 9.65. The molecule has 2 spiro atoms. The molecule has 432 valence electrons. The van der Waals surface area contributed by atoms with E-state index in [1.807, 2.05) is 89.5 Å². The second-order valence-electron chi connectivity index (χ2n) is 25.3. The first-order chi connectivity index (χ1) is 37.7. The maximum atomic E-state index is 12.6. The highest BCUT2D eigenvalue weighted by Crippen LogP contribution is 2.56. The predicted molar refractivity (Wildman–Crippen MR) is 314 cm³/mol. The van der Waals surface area contributed by atoms with Crippen LogP contribution in [0.4, 0.5) is 21.2 Å². The van der Waals surface area contributed by atoms with Gasteiger partial charge in [0.2, 0.25) is 0 Å². The highest BCUT2D eigenvalue weighted by Gasteiger charge is 2.53. The number of primary amides is 1. The minimum Gasteiger partial charge on any atom is -0.444 e. The van der Waals surface area contributed by atoms with E-state index in [2.05, 4.69) is 75.4 Å². The lowest BCUT2D eigenvalue weighted by molar-refractivity contribution is 0.0181. The molecule has 4 saturated carbocycles. The summed E-state index contributed by atoms with van der Waals surface area (Å²) in [6, 6.07) is 20.1. The van der Waals surface area contributed by atoms with E-state index in [0.717, 1.165) is 67.9 Å². The Morgan fingerprint density at radius 3 is 1.52 bits per heavy atom. The molecule has 4 aromatic heterocycles. The average molecular weight is 1110 g/mol. The van der Waals surface area contributed by atoms with Crippen LogP contribution < -0.4 is 16.4 Å². The van der Waals surface area contributed by atoms with Crippen molar-refractivity contribution < 1.29 is 23.9 Å². The van der Waals surface area contributed by atoms with Gasteiger partial charge in [0, 0.05) is 63.8 Å². The number of benzene rings is 2. The van der Waals surface area contributed by atoms with E-state index in [1.54, 1.807) is 19.4 Å². The Kier molecular flexibility index (Phi) is 16.0. The van der Waals surface area contributed by atoms with Gasteiger partial charge in [0.1, 0.15) is 51.4 Å². The second-order valence-corrected chi connectivity index (χ2v) is 25.3. The van der Waals surface area contributed by atoms with E-state index in [9.17, 15) is 19.6 Å². The van der Waals surface area contributed by atoms with Crippen molar-refractivity contribution >= 4 is 29.7 Å². The van der Waals surface area contributed by atoms with Crippen molar-refractivity contribution in [1.82, 2.24) is 48.9 Å². The first-order valence-electron chi connectivity index (χ1n) is 28.2. The van der Waals surface area contributed by atoms with E-state index in [-0.39, 0.29) is 50.0 Å². The van der Waals surface area contributed by atoms with Gasteiger partial charge in [0.05, 0.1) is 37.6 Å². The molecule has 2 aromatic carbocycles. The average Bonchev–Trinajstić information content (AvgIpc) is 4.20. The molecule has 0 unspecified atom stereocenters. The third kappa shape index (κ3) is 12.4. The monoisotopic (exact) mass is 1100 g/mol. The number of nitrogens with zero attached hydrogens (tertiary/aromatic N) is 11. The van der Waals surface area contributed by atoms with Gasteiger partial charge in [-0.25, -0.2) is 19.0 Å². The van der Waals surface area contributed by atoms with Crippen LogP contribution in [0, 0.1) is 22.2 Å². The quantitative estimate of drug-likeness (QED) is 0.0983. The number of hydrogen-bond donors (Lipinski definition) is 3. The Bertz CT molecular complexity index is 3310. The van der Waals surface area contributed by atoms with Gasteiger partial charge in [0.25, 0.3) is 5.91 Å². The van der Waals surface area contributed by atoms with Crippen molar-refractivity contribution in [2.75, 3.05) is 50.9 Å². The molecule has 4 aliphatic carbocycles. The summed E-state index contributed by atoms with van der Waals surface area (Å²) in [5.41, 5.74) is 14.0. The molecule has 3 amide bonds. The van der Waals surface area contributed by atoms with Gasteiger partial charge in [0.15, 0.2) is 0 Å². The summed E-state index contributed by atoms with van der Waals surface area (Å²) in [5.74, 6) is 2.25. The first kappa shape index (κ1) is 58.0. The van der Waals surface area contributed by atoms with Gasteiger partial charge in [-0.15, -0.1) is 0 Å². The zero-order chi connectivity index (χ0) is 55.6. The highest BCUT2D eigenvalue weighted by atomic mass is 16.6.